The molecule has 160 valence electrons. The van der Waals surface area contributed by atoms with Crippen LogP contribution in [0.25, 0.3) is 11.3 Å². The summed E-state index contributed by atoms with van der Waals surface area (Å²) in [5, 5.41) is 0. The molecule has 1 aliphatic carbocycles. The summed E-state index contributed by atoms with van der Waals surface area (Å²) < 4.78 is 0. The molecule has 1 saturated carbocycles. The van der Waals surface area contributed by atoms with Crippen LogP contribution in [0.5, 0.6) is 0 Å². The number of carbonyl (C=O) groups is 1. The van der Waals surface area contributed by atoms with Crippen LogP contribution in [0.2, 0.25) is 0 Å². The summed E-state index contributed by atoms with van der Waals surface area (Å²) in [5.74, 6) is 1.18. The van der Waals surface area contributed by atoms with E-state index >= 15 is 0 Å². The third-order valence-electron chi connectivity index (χ3n) is 6.64. The van der Waals surface area contributed by atoms with Gasteiger partial charge in [0.05, 0.1) is 5.69 Å². The Bertz CT molecular complexity index is 985. The summed E-state index contributed by atoms with van der Waals surface area (Å²) in [6.07, 6.45) is 5.36. The van der Waals surface area contributed by atoms with Gasteiger partial charge in [0.1, 0.15) is 5.82 Å². The summed E-state index contributed by atoms with van der Waals surface area (Å²) in [7, 11) is 0. The zero-order valence-corrected chi connectivity index (χ0v) is 17.7. The zero-order chi connectivity index (χ0) is 21.6. The quantitative estimate of drug-likeness (QED) is 0.604. The molecule has 0 aliphatic heterocycles. The van der Waals surface area contributed by atoms with Crippen LogP contribution in [-0.2, 0) is 4.79 Å². The van der Waals surface area contributed by atoms with Gasteiger partial charge in [-0.25, -0.2) is 9.97 Å². The normalized spacial score (nSPS) is 20.7. The van der Waals surface area contributed by atoms with Crippen molar-refractivity contribution in [3.8, 4) is 11.3 Å². The molecule has 1 fully saturated rings. The van der Waals surface area contributed by atoms with Crippen molar-refractivity contribution in [1.82, 2.24) is 9.97 Å². The fourth-order valence-corrected chi connectivity index (χ4v) is 4.98. The van der Waals surface area contributed by atoms with Crippen LogP contribution in [0.4, 0.5) is 0 Å². The highest BCUT2D eigenvalue weighted by Crippen LogP contribution is 2.44. The molecule has 4 rings (SSSR count). The second-order valence-corrected chi connectivity index (χ2v) is 8.46. The molecule has 2 atom stereocenters. The summed E-state index contributed by atoms with van der Waals surface area (Å²) in [4.78, 5) is 21.4. The van der Waals surface area contributed by atoms with E-state index in [2.05, 4.69) is 36.4 Å². The molecular formula is C26H30N4O. The van der Waals surface area contributed by atoms with Crippen LogP contribution in [0.3, 0.4) is 0 Å². The minimum absolute atomic E-state index is 0.0264. The van der Waals surface area contributed by atoms with Gasteiger partial charge in [-0.2, -0.15) is 0 Å². The Hall–Kier alpha value is -3.05. The zero-order valence-electron chi connectivity index (χ0n) is 17.7. The van der Waals surface area contributed by atoms with Crippen molar-refractivity contribution >= 4 is 5.91 Å². The number of hydrogen-bond acceptors (Lipinski definition) is 4. The lowest BCUT2D eigenvalue weighted by Crippen LogP contribution is -2.33. The van der Waals surface area contributed by atoms with Gasteiger partial charge < -0.3 is 11.5 Å². The number of carbonyl (C=O) groups excluding carboxylic acids is 1. The first-order chi connectivity index (χ1) is 15.2. The van der Waals surface area contributed by atoms with Crippen LogP contribution < -0.4 is 11.5 Å². The van der Waals surface area contributed by atoms with Crippen molar-refractivity contribution in [2.45, 2.75) is 37.5 Å². The first-order valence-corrected chi connectivity index (χ1v) is 11.1. The van der Waals surface area contributed by atoms with E-state index in [4.69, 9.17) is 21.4 Å². The molecule has 5 nitrogen and oxygen atoms in total. The summed E-state index contributed by atoms with van der Waals surface area (Å²) in [6.45, 7) is 0.517. The van der Waals surface area contributed by atoms with Crippen LogP contribution in [-0.4, -0.2) is 22.4 Å². The molecule has 1 aliphatic rings. The minimum atomic E-state index is -0.184. The number of hydrogen-bond donors (Lipinski definition) is 2. The highest BCUT2D eigenvalue weighted by atomic mass is 16.1. The number of benzene rings is 2. The van der Waals surface area contributed by atoms with E-state index in [0.717, 1.165) is 42.8 Å². The molecule has 3 aromatic rings. The summed E-state index contributed by atoms with van der Waals surface area (Å²) in [6, 6.07) is 22.6. The van der Waals surface area contributed by atoms with E-state index < -0.39 is 0 Å². The summed E-state index contributed by atoms with van der Waals surface area (Å²) >= 11 is 0. The highest BCUT2D eigenvalue weighted by Gasteiger charge is 2.37. The van der Waals surface area contributed by atoms with Gasteiger partial charge >= 0.3 is 0 Å². The van der Waals surface area contributed by atoms with E-state index in [1.807, 2.05) is 36.5 Å². The SMILES string of the molecule is NCC(c1ccccc1)C(c1nccc(-c2ccccc2)n1)C1CCC(C(N)=O)CC1. The molecule has 1 heterocycles. The molecule has 0 radical (unpaired) electrons. The largest absolute Gasteiger partial charge is 0.369 e. The molecule has 2 aromatic carbocycles. The third kappa shape index (κ3) is 4.83. The minimum Gasteiger partial charge on any atom is -0.369 e. The molecule has 31 heavy (non-hydrogen) atoms. The maximum Gasteiger partial charge on any atom is 0.220 e. The van der Waals surface area contributed by atoms with E-state index in [0.29, 0.717) is 12.5 Å². The van der Waals surface area contributed by atoms with Crippen LogP contribution >= 0.6 is 0 Å². The van der Waals surface area contributed by atoms with E-state index in [-0.39, 0.29) is 23.7 Å². The average Bonchev–Trinajstić information content (AvgIpc) is 2.84. The van der Waals surface area contributed by atoms with Crippen molar-refractivity contribution in [2.75, 3.05) is 6.54 Å². The van der Waals surface area contributed by atoms with E-state index in [9.17, 15) is 4.79 Å². The Kier molecular flexibility index (Phi) is 6.73. The van der Waals surface area contributed by atoms with E-state index in [1.165, 1.54) is 5.56 Å². The van der Waals surface area contributed by atoms with Gasteiger partial charge in [-0.3, -0.25) is 4.79 Å². The molecule has 0 spiro atoms. The van der Waals surface area contributed by atoms with Crippen molar-refractivity contribution in [2.24, 2.45) is 23.3 Å². The lowest BCUT2D eigenvalue weighted by Gasteiger charge is -2.36. The fraction of sp³-hybridized carbons (Fsp3) is 0.346. The fourth-order valence-electron chi connectivity index (χ4n) is 4.98. The molecule has 0 bridgehead atoms. The second kappa shape index (κ2) is 9.84. The Balaban J connectivity index is 1.71. The van der Waals surface area contributed by atoms with Gasteiger partial charge in [0.15, 0.2) is 0 Å². The lowest BCUT2D eigenvalue weighted by molar-refractivity contribution is -0.123. The predicted octanol–water partition coefficient (Wildman–Crippen LogP) is 4.26. The first-order valence-electron chi connectivity index (χ1n) is 11.1. The molecule has 4 N–H and O–H groups in total. The van der Waals surface area contributed by atoms with Crippen LogP contribution in [0, 0.1) is 11.8 Å². The highest BCUT2D eigenvalue weighted by molar-refractivity contribution is 5.76. The van der Waals surface area contributed by atoms with Gasteiger partial charge in [0, 0.05) is 29.5 Å². The van der Waals surface area contributed by atoms with Crippen molar-refractivity contribution < 1.29 is 4.79 Å². The van der Waals surface area contributed by atoms with Gasteiger partial charge in [-0.1, -0.05) is 60.7 Å². The van der Waals surface area contributed by atoms with Crippen molar-refractivity contribution in [3.05, 3.63) is 84.3 Å². The van der Waals surface area contributed by atoms with Gasteiger partial charge in [-0.05, 0) is 49.8 Å². The molecule has 0 saturated heterocycles. The number of aromatic nitrogens is 2. The predicted molar refractivity (Wildman–Crippen MR) is 123 cm³/mol. The Morgan fingerprint density at radius 1 is 0.935 bits per heavy atom. The molecule has 1 amide bonds. The summed E-state index contributed by atoms with van der Waals surface area (Å²) in [5.41, 5.74) is 15.1. The standard InChI is InChI=1S/C26H30N4O/c27-17-22(18-7-3-1-4-8-18)24(20-11-13-21(14-12-20)25(28)31)26-29-16-15-23(30-26)19-9-5-2-6-10-19/h1-10,15-16,20-22,24H,11-14,17,27H2,(H2,28,31). The van der Waals surface area contributed by atoms with Gasteiger partial charge in [-0.15, -0.1) is 0 Å². The first kappa shape index (κ1) is 21.2. The van der Waals surface area contributed by atoms with Crippen LogP contribution in [0.15, 0.2) is 72.9 Å². The van der Waals surface area contributed by atoms with Crippen LogP contribution in [0.1, 0.15) is 48.9 Å². The molecule has 1 aromatic heterocycles. The number of amides is 1. The number of nitrogens with zero attached hydrogens (tertiary/aromatic N) is 2. The monoisotopic (exact) mass is 414 g/mol. The van der Waals surface area contributed by atoms with Gasteiger partial charge in [0.25, 0.3) is 0 Å². The van der Waals surface area contributed by atoms with E-state index in [1.54, 1.807) is 0 Å². The average molecular weight is 415 g/mol. The van der Waals surface area contributed by atoms with Gasteiger partial charge in [0.2, 0.25) is 5.91 Å². The number of nitrogens with two attached hydrogens (primary N) is 2. The number of primary amides is 1. The van der Waals surface area contributed by atoms with Crippen molar-refractivity contribution in [1.29, 1.82) is 0 Å². The maximum atomic E-state index is 11.7. The maximum absolute atomic E-state index is 11.7. The molecule has 5 heteroatoms. The topological polar surface area (TPSA) is 94.9 Å². The third-order valence-corrected chi connectivity index (χ3v) is 6.64. The number of rotatable bonds is 7. The molecule has 2 unspecified atom stereocenters. The van der Waals surface area contributed by atoms with Crippen molar-refractivity contribution in [3.63, 3.8) is 0 Å². The second-order valence-electron chi connectivity index (χ2n) is 8.46. The Morgan fingerprint density at radius 2 is 1.58 bits per heavy atom. The Morgan fingerprint density at radius 3 is 2.19 bits per heavy atom. The smallest absolute Gasteiger partial charge is 0.220 e. The molecular weight excluding hydrogens is 384 g/mol. The Labute approximate surface area is 183 Å². The lowest BCUT2D eigenvalue weighted by atomic mass is 9.69.